The molecule has 0 spiro atoms. The lowest BCUT2D eigenvalue weighted by atomic mass is 9.78. The van der Waals surface area contributed by atoms with Crippen LogP contribution in [-0.2, 0) is 19.1 Å². The number of carbonyl (C=O) groups excluding carboxylic acids is 2. The number of nitrogens with zero attached hydrogens (tertiary/aromatic N) is 2. The quantitative estimate of drug-likeness (QED) is 0.419. The molecule has 0 aromatic carbocycles. The van der Waals surface area contributed by atoms with E-state index < -0.39 is 28.9 Å². The fourth-order valence-corrected chi connectivity index (χ4v) is 5.86. The number of hydroxylamine groups is 2. The molecule has 2 aliphatic rings. The van der Waals surface area contributed by atoms with Gasteiger partial charge in [-0.3, -0.25) is 14.5 Å². The Bertz CT molecular complexity index is 623. The van der Waals surface area contributed by atoms with Crippen LogP contribution in [0.4, 0.5) is 0 Å². The van der Waals surface area contributed by atoms with Crippen LogP contribution in [0.5, 0.6) is 0 Å². The van der Waals surface area contributed by atoms with Crippen molar-refractivity contribution in [2.75, 3.05) is 7.05 Å². The molecule has 2 rings (SSSR count). The van der Waals surface area contributed by atoms with Crippen molar-refractivity contribution in [3.63, 3.8) is 0 Å². The maximum absolute atomic E-state index is 13.2. The first-order valence-corrected chi connectivity index (χ1v) is 12.6. The summed E-state index contributed by atoms with van der Waals surface area (Å²) >= 11 is 0. The number of esters is 2. The lowest BCUT2D eigenvalue weighted by Crippen LogP contribution is -2.61. The molecule has 2 aliphatic heterocycles. The summed E-state index contributed by atoms with van der Waals surface area (Å²) in [6.45, 7) is 18.4. The Kier molecular flexibility index (Phi) is 8.35. The topological polar surface area (TPSA) is 79.3 Å². The van der Waals surface area contributed by atoms with E-state index in [2.05, 4.69) is 39.6 Å². The van der Waals surface area contributed by atoms with E-state index in [1.807, 2.05) is 34.6 Å². The van der Waals surface area contributed by atoms with Crippen molar-refractivity contribution in [1.82, 2.24) is 9.96 Å². The first-order chi connectivity index (χ1) is 14.9. The van der Waals surface area contributed by atoms with E-state index in [0.717, 1.165) is 25.7 Å². The highest BCUT2D eigenvalue weighted by molar-refractivity contribution is 5.95. The smallest absolute Gasteiger partial charge is 0.320 e. The number of unbranched alkanes of at least 4 members (excludes halogenated alkanes) is 1. The van der Waals surface area contributed by atoms with Gasteiger partial charge in [0.25, 0.3) is 0 Å². The highest BCUT2D eigenvalue weighted by atomic mass is 16.6. The fraction of sp³-hybridized carbons (Fsp3) is 0.923. The Labute approximate surface area is 201 Å². The van der Waals surface area contributed by atoms with Gasteiger partial charge < -0.3 is 14.7 Å². The third-order valence-electron chi connectivity index (χ3n) is 7.85. The Hall–Kier alpha value is -1.18. The van der Waals surface area contributed by atoms with Crippen LogP contribution < -0.4 is 0 Å². The van der Waals surface area contributed by atoms with Crippen LogP contribution in [0, 0.1) is 5.92 Å². The number of carbonyl (C=O) groups is 2. The van der Waals surface area contributed by atoms with Gasteiger partial charge >= 0.3 is 11.9 Å². The summed E-state index contributed by atoms with van der Waals surface area (Å²) in [6.07, 6.45) is 3.95. The van der Waals surface area contributed by atoms with Gasteiger partial charge in [-0.25, -0.2) is 0 Å². The third kappa shape index (κ3) is 6.49. The first-order valence-electron chi connectivity index (χ1n) is 12.6. The number of hydrogen-bond donors (Lipinski definition) is 1. The molecular weight excluding hydrogens is 420 g/mol. The van der Waals surface area contributed by atoms with Crippen molar-refractivity contribution in [3.8, 4) is 0 Å². The summed E-state index contributed by atoms with van der Waals surface area (Å²) < 4.78 is 11.9. The van der Waals surface area contributed by atoms with Gasteiger partial charge in [-0.2, -0.15) is 5.06 Å². The Morgan fingerprint density at radius 3 is 1.55 bits per heavy atom. The molecule has 192 valence electrons. The second kappa shape index (κ2) is 9.82. The zero-order valence-corrected chi connectivity index (χ0v) is 22.7. The van der Waals surface area contributed by atoms with Crippen molar-refractivity contribution in [2.45, 2.75) is 142 Å². The molecule has 33 heavy (non-hydrogen) atoms. The van der Waals surface area contributed by atoms with Crippen LogP contribution in [0.15, 0.2) is 0 Å². The second-order valence-corrected chi connectivity index (χ2v) is 12.7. The van der Waals surface area contributed by atoms with E-state index in [4.69, 9.17) is 9.47 Å². The lowest BCUT2D eigenvalue weighted by molar-refractivity contribution is -0.260. The summed E-state index contributed by atoms with van der Waals surface area (Å²) in [6, 6.07) is 0. The largest absolute Gasteiger partial charge is 0.462 e. The molecule has 1 N–H and O–H groups in total. The number of hydrogen-bond acceptors (Lipinski definition) is 7. The molecule has 0 aromatic rings. The predicted molar refractivity (Wildman–Crippen MR) is 129 cm³/mol. The van der Waals surface area contributed by atoms with Gasteiger partial charge in [-0.15, -0.1) is 0 Å². The van der Waals surface area contributed by atoms with Crippen LogP contribution in [0.3, 0.4) is 0 Å². The van der Waals surface area contributed by atoms with Gasteiger partial charge in [-0.05, 0) is 68.9 Å². The van der Waals surface area contributed by atoms with E-state index in [9.17, 15) is 14.8 Å². The Morgan fingerprint density at radius 2 is 1.18 bits per heavy atom. The lowest BCUT2D eigenvalue weighted by Gasteiger charge is -2.53. The number of piperidine rings is 2. The van der Waals surface area contributed by atoms with Crippen molar-refractivity contribution in [3.05, 3.63) is 0 Å². The zero-order valence-electron chi connectivity index (χ0n) is 22.7. The normalized spacial score (nSPS) is 26.5. The van der Waals surface area contributed by atoms with Crippen LogP contribution in [-0.4, -0.2) is 68.5 Å². The Morgan fingerprint density at radius 1 is 0.818 bits per heavy atom. The highest BCUT2D eigenvalue weighted by Crippen LogP contribution is 2.40. The molecule has 2 heterocycles. The molecule has 2 fully saturated rings. The maximum atomic E-state index is 13.2. The molecule has 0 aromatic heterocycles. The van der Waals surface area contributed by atoms with Gasteiger partial charge in [-0.1, -0.05) is 19.8 Å². The summed E-state index contributed by atoms with van der Waals surface area (Å²) in [4.78, 5) is 28.8. The molecule has 0 saturated carbocycles. The summed E-state index contributed by atoms with van der Waals surface area (Å²) in [7, 11) is 2.11. The number of rotatable bonds is 7. The number of likely N-dealkylation sites (tertiary alicyclic amines) is 1. The standard InChI is InChI=1S/C26H48N2O5/c1-11-12-13-20(21(29)32-18-14-23(2,3)27(10)24(4,5)15-18)22(30)33-19-16-25(6,7)28(31)26(8,9)17-19/h18-20,31H,11-17H2,1-10H3. The fourth-order valence-electron chi connectivity index (χ4n) is 5.86. The number of ether oxygens (including phenoxy) is 2. The first kappa shape index (κ1) is 28.1. The minimum atomic E-state index is -0.908. The van der Waals surface area contributed by atoms with Crippen molar-refractivity contribution < 1.29 is 24.3 Å². The molecule has 0 radical (unpaired) electrons. The van der Waals surface area contributed by atoms with Crippen LogP contribution >= 0.6 is 0 Å². The SMILES string of the molecule is CCCCC(C(=O)OC1CC(C)(C)N(C)C(C)(C)C1)C(=O)OC1CC(C)(C)N(O)C(C)(C)C1. The van der Waals surface area contributed by atoms with Gasteiger partial charge in [0.1, 0.15) is 12.2 Å². The van der Waals surface area contributed by atoms with Crippen LogP contribution in [0.2, 0.25) is 0 Å². The molecule has 1 atom stereocenters. The molecule has 7 nitrogen and oxygen atoms in total. The molecule has 0 aliphatic carbocycles. The minimum Gasteiger partial charge on any atom is -0.462 e. The molecule has 1 unspecified atom stereocenters. The monoisotopic (exact) mass is 468 g/mol. The summed E-state index contributed by atoms with van der Waals surface area (Å²) in [5.41, 5.74) is -1.28. The van der Waals surface area contributed by atoms with Crippen LogP contribution in [0.25, 0.3) is 0 Å². The van der Waals surface area contributed by atoms with E-state index in [1.54, 1.807) is 0 Å². The summed E-state index contributed by atoms with van der Waals surface area (Å²) in [5.74, 6) is -1.87. The van der Waals surface area contributed by atoms with E-state index in [0.29, 0.717) is 19.3 Å². The van der Waals surface area contributed by atoms with Gasteiger partial charge in [0.15, 0.2) is 5.92 Å². The third-order valence-corrected chi connectivity index (χ3v) is 7.85. The van der Waals surface area contributed by atoms with E-state index >= 15 is 0 Å². The zero-order chi connectivity index (χ0) is 25.4. The highest BCUT2D eigenvalue weighted by Gasteiger charge is 2.48. The van der Waals surface area contributed by atoms with Gasteiger partial charge in [0, 0.05) is 47.8 Å². The van der Waals surface area contributed by atoms with Crippen LogP contribution in [0.1, 0.15) is 107 Å². The molecule has 2 saturated heterocycles. The molecule has 0 bridgehead atoms. The predicted octanol–water partition coefficient (Wildman–Crippen LogP) is 4.94. The van der Waals surface area contributed by atoms with Crippen molar-refractivity contribution in [1.29, 1.82) is 0 Å². The van der Waals surface area contributed by atoms with Gasteiger partial charge in [0.2, 0.25) is 0 Å². The van der Waals surface area contributed by atoms with E-state index in [1.165, 1.54) is 5.06 Å². The Balaban J connectivity index is 2.12. The van der Waals surface area contributed by atoms with Crippen molar-refractivity contribution in [2.24, 2.45) is 5.92 Å². The van der Waals surface area contributed by atoms with E-state index in [-0.39, 0.29) is 23.3 Å². The molecular formula is C26H48N2O5. The average molecular weight is 469 g/mol. The molecule has 0 amide bonds. The average Bonchev–Trinajstić information content (AvgIpc) is 2.63. The minimum absolute atomic E-state index is 0.110. The second-order valence-electron chi connectivity index (χ2n) is 12.7. The molecule has 7 heteroatoms. The van der Waals surface area contributed by atoms with Gasteiger partial charge in [0.05, 0.1) is 0 Å². The van der Waals surface area contributed by atoms with Crippen molar-refractivity contribution >= 4 is 11.9 Å². The maximum Gasteiger partial charge on any atom is 0.320 e. The summed E-state index contributed by atoms with van der Waals surface area (Å²) in [5, 5.41) is 11.9.